The van der Waals surface area contributed by atoms with Crippen LogP contribution in [0.15, 0.2) is 0 Å². The highest BCUT2D eigenvalue weighted by molar-refractivity contribution is 5.79. The van der Waals surface area contributed by atoms with E-state index < -0.39 is 11.5 Å². The number of hydrogen-bond donors (Lipinski definition) is 2. The number of rotatable bonds is 3. The molecule has 0 spiro atoms. The van der Waals surface area contributed by atoms with E-state index in [0.717, 1.165) is 25.8 Å². The molecule has 1 fully saturated rings. The second-order valence-corrected chi connectivity index (χ2v) is 4.02. The quantitative estimate of drug-likeness (QED) is 0.671. The lowest BCUT2D eigenvalue weighted by molar-refractivity contribution is -0.145. The zero-order chi connectivity index (χ0) is 9.19. The van der Waals surface area contributed by atoms with E-state index in [-0.39, 0.29) is 0 Å². The average molecular weight is 171 g/mol. The Kier molecular flexibility index (Phi) is 2.73. The van der Waals surface area contributed by atoms with Crippen molar-refractivity contribution in [1.29, 1.82) is 0 Å². The number of aliphatic carboxylic acids is 1. The van der Waals surface area contributed by atoms with Crippen molar-refractivity contribution in [2.75, 3.05) is 6.54 Å². The number of carboxylic acid groups (broad SMARTS) is 1. The molecule has 2 N–H and O–H groups in total. The first-order valence-electron chi connectivity index (χ1n) is 4.55. The lowest BCUT2D eigenvalue weighted by atomic mass is 9.88. The van der Waals surface area contributed by atoms with Crippen molar-refractivity contribution in [3.8, 4) is 0 Å². The maximum absolute atomic E-state index is 11.0. The Labute approximate surface area is 73.2 Å². The van der Waals surface area contributed by atoms with Gasteiger partial charge < -0.3 is 10.4 Å². The molecule has 0 bridgehead atoms. The fourth-order valence-electron chi connectivity index (χ4n) is 1.95. The van der Waals surface area contributed by atoms with Gasteiger partial charge in [0.05, 0.1) is 0 Å². The van der Waals surface area contributed by atoms with E-state index in [2.05, 4.69) is 19.2 Å². The van der Waals surface area contributed by atoms with Gasteiger partial charge in [-0.1, -0.05) is 13.8 Å². The summed E-state index contributed by atoms with van der Waals surface area (Å²) in [6.45, 7) is 4.97. The molecule has 1 saturated heterocycles. The monoisotopic (exact) mass is 171 g/mol. The lowest BCUT2D eigenvalue weighted by Crippen LogP contribution is -2.48. The van der Waals surface area contributed by atoms with Crippen molar-refractivity contribution in [2.45, 2.75) is 38.6 Å². The van der Waals surface area contributed by atoms with Crippen LogP contribution in [0.5, 0.6) is 0 Å². The number of carbonyl (C=O) groups is 1. The molecule has 0 aromatic rings. The molecule has 12 heavy (non-hydrogen) atoms. The van der Waals surface area contributed by atoms with Crippen LogP contribution in [0.25, 0.3) is 0 Å². The van der Waals surface area contributed by atoms with Gasteiger partial charge >= 0.3 is 5.97 Å². The molecule has 1 aliphatic rings. The molecule has 0 amide bonds. The molecule has 1 heterocycles. The first kappa shape index (κ1) is 9.52. The van der Waals surface area contributed by atoms with Crippen molar-refractivity contribution in [3.05, 3.63) is 0 Å². The van der Waals surface area contributed by atoms with Crippen molar-refractivity contribution in [1.82, 2.24) is 5.32 Å². The van der Waals surface area contributed by atoms with Gasteiger partial charge in [-0.3, -0.25) is 4.79 Å². The zero-order valence-electron chi connectivity index (χ0n) is 7.76. The van der Waals surface area contributed by atoms with Crippen LogP contribution in [0.3, 0.4) is 0 Å². The van der Waals surface area contributed by atoms with Crippen LogP contribution in [-0.4, -0.2) is 23.2 Å². The Morgan fingerprint density at radius 3 is 2.67 bits per heavy atom. The first-order chi connectivity index (χ1) is 5.57. The topological polar surface area (TPSA) is 49.3 Å². The van der Waals surface area contributed by atoms with Gasteiger partial charge in [0.25, 0.3) is 0 Å². The summed E-state index contributed by atoms with van der Waals surface area (Å²) in [5.41, 5.74) is -0.617. The summed E-state index contributed by atoms with van der Waals surface area (Å²) in [6, 6.07) is 0. The third kappa shape index (κ3) is 1.78. The average Bonchev–Trinajstić information content (AvgIpc) is 2.35. The van der Waals surface area contributed by atoms with E-state index in [9.17, 15) is 4.79 Å². The van der Waals surface area contributed by atoms with Crippen LogP contribution in [0.4, 0.5) is 0 Å². The molecule has 3 nitrogen and oxygen atoms in total. The summed E-state index contributed by atoms with van der Waals surface area (Å²) in [4.78, 5) is 11.0. The lowest BCUT2D eigenvalue weighted by Gasteiger charge is -2.26. The van der Waals surface area contributed by atoms with Crippen LogP contribution in [0.2, 0.25) is 0 Å². The standard InChI is InChI=1S/C9H17NO2/c1-7(2)6-9(8(11)12)4-3-5-10-9/h7,10H,3-6H2,1-2H3,(H,11,12). The summed E-state index contributed by atoms with van der Waals surface area (Å²) in [5.74, 6) is -0.250. The predicted molar refractivity (Wildman–Crippen MR) is 47.1 cm³/mol. The minimum absolute atomic E-state index is 0.437. The van der Waals surface area contributed by atoms with Crippen LogP contribution in [-0.2, 0) is 4.79 Å². The number of carboxylic acids is 1. The molecule has 1 unspecified atom stereocenters. The smallest absolute Gasteiger partial charge is 0.323 e. The number of nitrogens with one attached hydrogen (secondary N) is 1. The molecule has 0 aliphatic carbocycles. The molecule has 70 valence electrons. The summed E-state index contributed by atoms with van der Waals surface area (Å²) < 4.78 is 0. The van der Waals surface area contributed by atoms with Crippen molar-refractivity contribution in [3.63, 3.8) is 0 Å². The van der Waals surface area contributed by atoms with Crippen LogP contribution in [0.1, 0.15) is 33.1 Å². The number of hydrogen-bond acceptors (Lipinski definition) is 2. The van der Waals surface area contributed by atoms with E-state index in [1.807, 2.05) is 0 Å². The largest absolute Gasteiger partial charge is 0.480 e. The summed E-state index contributed by atoms with van der Waals surface area (Å²) >= 11 is 0. The molecule has 0 radical (unpaired) electrons. The molecular weight excluding hydrogens is 154 g/mol. The third-order valence-corrected chi connectivity index (χ3v) is 2.41. The maximum atomic E-state index is 11.0. The van der Waals surface area contributed by atoms with Gasteiger partial charge in [-0.15, -0.1) is 0 Å². The zero-order valence-corrected chi connectivity index (χ0v) is 7.76. The summed E-state index contributed by atoms with van der Waals surface area (Å²) in [7, 11) is 0. The minimum atomic E-state index is -0.686. The van der Waals surface area contributed by atoms with Crippen LogP contribution < -0.4 is 5.32 Å². The van der Waals surface area contributed by atoms with Crippen LogP contribution in [0, 0.1) is 5.92 Å². The van der Waals surface area contributed by atoms with Gasteiger partial charge in [0.2, 0.25) is 0 Å². The van der Waals surface area contributed by atoms with E-state index in [1.54, 1.807) is 0 Å². The van der Waals surface area contributed by atoms with E-state index in [1.165, 1.54) is 0 Å². The van der Waals surface area contributed by atoms with E-state index >= 15 is 0 Å². The normalized spacial score (nSPS) is 29.6. The summed E-state index contributed by atoms with van der Waals surface area (Å²) in [6.07, 6.45) is 2.50. The van der Waals surface area contributed by atoms with Crippen molar-refractivity contribution in [2.24, 2.45) is 5.92 Å². The van der Waals surface area contributed by atoms with Crippen molar-refractivity contribution < 1.29 is 9.90 Å². The minimum Gasteiger partial charge on any atom is -0.480 e. The van der Waals surface area contributed by atoms with Gasteiger partial charge in [0.1, 0.15) is 5.54 Å². The summed E-state index contributed by atoms with van der Waals surface area (Å²) in [5, 5.41) is 12.2. The molecular formula is C9H17NO2. The van der Waals surface area contributed by atoms with Gasteiger partial charge in [0, 0.05) is 0 Å². The highest BCUT2D eigenvalue weighted by atomic mass is 16.4. The Bertz CT molecular complexity index is 171. The van der Waals surface area contributed by atoms with Gasteiger partial charge in [-0.25, -0.2) is 0 Å². The second-order valence-electron chi connectivity index (χ2n) is 4.02. The molecule has 1 atom stereocenters. The van der Waals surface area contributed by atoms with E-state index in [0.29, 0.717) is 5.92 Å². The van der Waals surface area contributed by atoms with E-state index in [4.69, 9.17) is 5.11 Å². The molecule has 0 saturated carbocycles. The predicted octanol–water partition coefficient (Wildman–Crippen LogP) is 1.24. The Morgan fingerprint density at radius 2 is 2.33 bits per heavy atom. The fraction of sp³-hybridized carbons (Fsp3) is 0.889. The molecule has 3 heteroatoms. The molecule has 1 rings (SSSR count). The van der Waals surface area contributed by atoms with Gasteiger partial charge in [-0.2, -0.15) is 0 Å². The Hall–Kier alpha value is -0.570. The highest BCUT2D eigenvalue weighted by Crippen LogP contribution is 2.26. The fourth-order valence-corrected chi connectivity index (χ4v) is 1.95. The van der Waals surface area contributed by atoms with Gasteiger partial charge in [0.15, 0.2) is 0 Å². The molecule has 1 aliphatic heterocycles. The SMILES string of the molecule is CC(C)CC1(C(=O)O)CCCN1. The second kappa shape index (κ2) is 3.44. The highest BCUT2D eigenvalue weighted by Gasteiger charge is 2.41. The molecule has 0 aromatic heterocycles. The first-order valence-corrected chi connectivity index (χ1v) is 4.55. The van der Waals surface area contributed by atoms with Crippen LogP contribution >= 0.6 is 0 Å². The maximum Gasteiger partial charge on any atom is 0.323 e. The third-order valence-electron chi connectivity index (χ3n) is 2.41. The Morgan fingerprint density at radius 1 is 1.67 bits per heavy atom. The van der Waals surface area contributed by atoms with Crippen molar-refractivity contribution >= 4 is 5.97 Å². The molecule has 0 aromatic carbocycles. The Balaban J connectivity index is 2.65. The van der Waals surface area contributed by atoms with Gasteiger partial charge in [-0.05, 0) is 31.7 Å².